The summed E-state index contributed by atoms with van der Waals surface area (Å²) in [6.07, 6.45) is 12.3. The Morgan fingerprint density at radius 2 is 0.796 bits per heavy atom. The third kappa shape index (κ3) is 12.5. The van der Waals surface area contributed by atoms with E-state index in [0.29, 0.717) is 107 Å². The fourth-order valence-electron chi connectivity index (χ4n) is 12.8. The Labute approximate surface area is 537 Å². The fourth-order valence-corrected chi connectivity index (χ4v) is 12.8. The maximum absolute atomic E-state index is 13.4. The van der Waals surface area contributed by atoms with Crippen LogP contribution in [0.3, 0.4) is 0 Å². The van der Waals surface area contributed by atoms with Crippen molar-refractivity contribution in [2.75, 3.05) is 57.1 Å². The van der Waals surface area contributed by atoms with Crippen molar-refractivity contribution in [1.29, 1.82) is 0 Å². The van der Waals surface area contributed by atoms with Gasteiger partial charge in [-0.1, -0.05) is 107 Å². The van der Waals surface area contributed by atoms with E-state index in [0.717, 1.165) is 53.7 Å². The second kappa shape index (κ2) is 28.8. The zero-order valence-corrected chi connectivity index (χ0v) is 52.0. The Kier molecular flexibility index (Phi) is 19.9. The van der Waals surface area contributed by atoms with E-state index in [1.54, 1.807) is 122 Å². The van der Waals surface area contributed by atoms with Crippen LogP contribution in [0.2, 0.25) is 0 Å². The summed E-state index contributed by atoms with van der Waals surface area (Å²) in [6.45, 7) is 2.57. The summed E-state index contributed by atoms with van der Waals surface area (Å²) in [5.74, 6) is -0.334. The standard InChI is InChI=1S/C27H35NO4.C26H17NO5.C22H19NO6/c1-3-4-5-6-7-11-18-32-23-17-15-21-24-20(14-16-22(31-2)25(23)24)26(29)28(27(21)30)19-12-9-8-10-13-19;1-32-21-14-13-19-22-18(25(30)27(26(19)31)15-7-3-2-4-8-15)12-11-17(23(21)22)24(29)16-9-5-6-10-20(16)28;24-10-12-28-17-8-6-15-19-16(7-9-18(20(17)19)29-13-11-25)22(27)23(21(15)26)14-4-2-1-3-5-14/h14-17,19H,3-13,18H2,1-2H3;2-14,28H,1H3;1-9,24-25H,10-13H2. The number of hydrogen-bond acceptors (Lipinski definition) is 15. The molecule has 0 spiro atoms. The predicted octanol–water partition coefficient (Wildman–Crippen LogP) is 13.5. The summed E-state index contributed by atoms with van der Waals surface area (Å²) >= 11 is 0. The van der Waals surface area contributed by atoms with Gasteiger partial charge in [0.2, 0.25) is 0 Å². The molecule has 1 fully saturated rings. The molecular weight excluding hydrogens is 1180 g/mol. The number of aromatic hydroxyl groups is 1. The van der Waals surface area contributed by atoms with E-state index in [1.807, 2.05) is 24.3 Å². The second-order valence-electron chi connectivity index (χ2n) is 22.8. The third-order valence-electron chi connectivity index (χ3n) is 17.2. The number of imide groups is 3. The molecule has 3 heterocycles. The molecule has 0 bridgehead atoms. The number of anilines is 2. The Balaban J connectivity index is 0.000000143. The Hall–Kier alpha value is -10.4. The highest BCUT2D eigenvalue weighted by Gasteiger charge is 2.41. The van der Waals surface area contributed by atoms with Crippen LogP contribution in [0.4, 0.5) is 11.4 Å². The van der Waals surface area contributed by atoms with Crippen LogP contribution in [0.25, 0.3) is 32.3 Å². The first-order chi connectivity index (χ1) is 45.4. The Morgan fingerprint density at radius 1 is 0.409 bits per heavy atom. The molecule has 0 aromatic heterocycles. The number of rotatable bonds is 21. The van der Waals surface area contributed by atoms with Crippen LogP contribution < -0.4 is 33.5 Å². The number of aliphatic hydroxyl groups excluding tert-OH is 2. The number of ether oxygens (including phenoxy) is 5. The number of amides is 6. The van der Waals surface area contributed by atoms with Crippen molar-refractivity contribution in [3.05, 3.63) is 202 Å². The van der Waals surface area contributed by atoms with Gasteiger partial charge in [0, 0.05) is 66.5 Å². The lowest BCUT2D eigenvalue weighted by Gasteiger charge is -2.36. The molecule has 18 heteroatoms. The molecule has 1 saturated carbocycles. The van der Waals surface area contributed by atoms with Crippen LogP contribution in [0.5, 0.6) is 34.5 Å². The smallest absolute Gasteiger partial charge is 0.265 e. The van der Waals surface area contributed by atoms with Crippen LogP contribution in [0.15, 0.2) is 158 Å². The molecule has 93 heavy (non-hydrogen) atoms. The van der Waals surface area contributed by atoms with Crippen molar-refractivity contribution in [3.8, 4) is 34.5 Å². The molecule has 1 aliphatic carbocycles. The number of carbonyl (C=O) groups is 7. The van der Waals surface area contributed by atoms with Crippen molar-refractivity contribution in [2.45, 2.75) is 83.6 Å². The third-order valence-corrected chi connectivity index (χ3v) is 17.2. The largest absolute Gasteiger partial charge is 0.507 e. The second-order valence-corrected chi connectivity index (χ2v) is 22.8. The van der Waals surface area contributed by atoms with Crippen molar-refractivity contribution >= 4 is 84.9 Å². The van der Waals surface area contributed by atoms with E-state index in [1.165, 1.54) is 62.3 Å². The highest BCUT2D eigenvalue weighted by molar-refractivity contribution is 6.38. The number of carbonyl (C=O) groups excluding carboxylic acids is 7. The SMILES string of the molecule is CCCCCCCCOc1ccc2c3c(ccc(OC)c13)C(=O)N(C1CCCCC1)C2=O.COc1ccc2c3c(ccc(C(=O)c4ccccc4O)c13)C(=O)N(c1ccccc1)C2=O.O=C1c2ccc(OCCO)c3c(OCCO)ccc(c23)C(=O)N1c1ccccc1. The number of phenols is 1. The molecule has 4 aliphatic rings. The molecule has 6 amide bonds. The quantitative estimate of drug-likeness (QED) is 0.0345. The number of phenolic OH excluding ortho intramolecular Hbond substituents is 1. The summed E-state index contributed by atoms with van der Waals surface area (Å²) in [5.41, 5.74) is 3.75. The highest BCUT2D eigenvalue weighted by Crippen LogP contribution is 2.45. The van der Waals surface area contributed by atoms with Gasteiger partial charge in [-0.15, -0.1) is 0 Å². The van der Waals surface area contributed by atoms with Gasteiger partial charge in [-0.3, -0.25) is 38.5 Å². The number of nitrogens with zero attached hydrogens (tertiary/aromatic N) is 3. The van der Waals surface area contributed by atoms with Gasteiger partial charge < -0.3 is 39.0 Å². The zero-order valence-electron chi connectivity index (χ0n) is 52.0. The molecule has 9 aromatic rings. The van der Waals surface area contributed by atoms with Crippen molar-refractivity contribution in [2.24, 2.45) is 0 Å². The first-order valence-corrected chi connectivity index (χ1v) is 31.4. The van der Waals surface area contributed by atoms with Gasteiger partial charge in [-0.25, -0.2) is 9.80 Å². The van der Waals surface area contributed by atoms with Gasteiger partial charge in [0.25, 0.3) is 35.4 Å². The molecule has 0 radical (unpaired) electrons. The van der Waals surface area contributed by atoms with Crippen LogP contribution in [-0.4, -0.2) is 115 Å². The van der Waals surface area contributed by atoms with Crippen LogP contribution in [0.1, 0.15) is 156 Å². The summed E-state index contributed by atoms with van der Waals surface area (Å²) < 4.78 is 28.5. The summed E-state index contributed by atoms with van der Waals surface area (Å²) in [6, 6.07) is 43.7. The normalized spacial score (nSPS) is 14.2. The lowest BCUT2D eigenvalue weighted by molar-refractivity contribution is 0.0501. The highest BCUT2D eigenvalue weighted by atomic mass is 16.5. The zero-order chi connectivity index (χ0) is 65.3. The van der Waals surface area contributed by atoms with Crippen LogP contribution in [-0.2, 0) is 0 Å². The number of ketones is 1. The number of unbranched alkanes of at least 4 members (excludes halogenated alkanes) is 5. The minimum atomic E-state index is -0.478. The Morgan fingerprint density at radius 3 is 1.26 bits per heavy atom. The molecule has 0 unspecified atom stereocenters. The molecule has 0 saturated heterocycles. The van der Waals surface area contributed by atoms with E-state index in [2.05, 4.69) is 6.92 Å². The van der Waals surface area contributed by atoms with Gasteiger partial charge in [-0.05, 0) is 128 Å². The molecule has 13 rings (SSSR count). The van der Waals surface area contributed by atoms with E-state index >= 15 is 0 Å². The first kappa shape index (κ1) is 64.1. The number of aliphatic hydroxyl groups is 2. The maximum Gasteiger partial charge on any atom is 0.265 e. The van der Waals surface area contributed by atoms with E-state index in [9.17, 15) is 38.7 Å². The van der Waals surface area contributed by atoms with Gasteiger partial charge in [0.1, 0.15) is 47.7 Å². The van der Waals surface area contributed by atoms with E-state index in [4.69, 9.17) is 33.9 Å². The molecule has 9 aromatic carbocycles. The molecule has 0 atom stereocenters. The van der Waals surface area contributed by atoms with E-state index in [-0.39, 0.29) is 61.2 Å². The van der Waals surface area contributed by atoms with Gasteiger partial charge in [-0.2, -0.15) is 0 Å². The van der Waals surface area contributed by atoms with Crippen molar-refractivity contribution < 1.29 is 72.6 Å². The van der Waals surface area contributed by atoms with Gasteiger partial charge in [0.05, 0.1) is 61.8 Å². The summed E-state index contributed by atoms with van der Waals surface area (Å²) in [4.78, 5) is 97.1. The lowest BCUT2D eigenvalue weighted by atomic mass is 9.88. The van der Waals surface area contributed by atoms with E-state index < -0.39 is 29.4 Å². The minimum Gasteiger partial charge on any atom is -0.507 e. The molecule has 3 N–H and O–H groups in total. The molecular formula is C75H71N3O15. The van der Waals surface area contributed by atoms with Crippen molar-refractivity contribution in [3.63, 3.8) is 0 Å². The number of hydrogen-bond donors (Lipinski definition) is 3. The Bertz CT molecular complexity index is 4250. The monoisotopic (exact) mass is 1250 g/mol. The summed E-state index contributed by atoms with van der Waals surface area (Å²) in [7, 11) is 3.07. The van der Waals surface area contributed by atoms with Crippen molar-refractivity contribution in [1.82, 2.24) is 4.90 Å². The molecule has 3 aliphatic heterocycles. The first-order valence-electron chi connectivity index (χ1n) is 31.4. The molecule has 476 valence electrons. The minimum absolute atomic E-state index is 0.00214. The average Bonchev–Trinajstić information content (AvgIpc) is 0.747. The number of para-hydroxylation sites is 3. The van der Waals surface area contributed by atoms with Gasteiger partial charge >= 0.3 is 0 Å². The fraction of sp³-hybridized carbons (Fsp3) is 0.267. The number of benzene rings is 9. The topological polar surface area (TPSA) is 236 Å². The maximum atomic E-state index is 13.4. The lowest BCUT2D eigenvalue weighted by Crippen LogP contribution is -2.47. The molecule has 18 nitrogen and oxygen atoms in total. The van der Waals surface area contributed by atoms with Crippen LogP contribution in [0, 0.1) is 0 Å². The predicted molar refractivity (Wildman–Crippen MR) is 353 cm³/mol. The summed E-state index contributed by atoms with van der Waals surface area (Å²) in [5, 5.41) is 31.5. The number of methoxy groups -OCH3 is 2. The average molecular weight is 1250 g/mol. The van der Waals surface area contributed by atoms with Crippen LogP contribution >= 0.6 is 0 Å². The van der Waals surface area contributed by atoms with Gasteiger partial charge in [0.15, 0.2) is 5.78 Å².